The molecule has 14 heavy (non-hydrogen) atoms. The fourth-order valence-corrected chi connectivity index (χ4v) is 1.79. The molecule has 4 heteroatoms. The van der Waals surface area contributed by atoms with Gasteiger partial charge < -0.3 is 4.74 Å². The maximum atomic E-state index is 11.4. The predicted molar refractivity (Wildman–Crippen MR) is 50.9 cm³/mol. The smallest absolute Gasteiger partial charge is 0.329 e. The first-order valence-electron chi connectivity index (χ1n) is 4.41. The molecule has 1 aromatic carbocycles. The molecule has 0 amide bonds. The van der Waals surface area contributed by atoms with Crippen molar-refractivity contribution in [1.82, 2.24) is 5.01 Å². The number of benzene rings is 1. The van der Waals surface area contributed by atoms with E-state index in [-0.39, 0.29) is 5.97 Å². The summed E-state index contributed by atoms with van der Waals surface area (Å²) in [4.78, 5) is 11.4. The third kappa shape index (κ3) is 1.29. The van der Waals surface area contributed by atoms with E-state index in [9.17, 15) is 4.79 Å². The summed E-state index contributed by atoms with van der Waals surface area (Å²) in [7, 11) is 1.37. The molecule has 4 nitrogen and oxygen atoms in total. The summed E-state index contributed by atoms with van der Waals surface area (Å²) in [6, 6.07) is 7.26. The van der Waals surface area contributed by atoms with Gasteiger partial charge in [0.1, 0.15) is 6.04 Å². The summed E-state index contributed by atoms with van der Waals surface area (Å²) < 4.78 is 4.70. The molecule has 1 heterocycles. The number of nitrogens with two attached hydrogens (primary N) is 1. The Morgan fingerprint density at radius 1 is 1.57 bits per heavy atom. The van der Waals surface area contributed by atoms with Gasteiger partial charge in [-0.3, -0.25) is 5.84 Å². The largest absolute Gasteiger partial charge is 0.468 e. The lowest BCUT2D eigenvalue weighted by molar-refractivity contribution is -0.147. The van der Waals surface area contributed by atoms with Gasteiger partial charge in [-0.2, -0.15) is 0 Å². The summed E-state index contributed by atoms with van der Waals surface area (Å²) in [5.41, 5.74) is 2.03. The monoisotopic (exact) mass is 192 g/mol. The van der Waals surface area contributed by atoms with Gasteiger partial charge in [0.2, 0.25) is 0 Å². The third-order valence-corrected chi connectivity index (χ3v) is 2.46. The van der Waals surface area contributed by atoms with Crippen LogP contribution in [0.2, 0.25) is 0 Å². The van der Waals surface area contributed by atoms with Crippen molar-refractivity contribution >= 4 is 5.97 Å². The Balaban J connectivity index is 2.39. The average Bonchev–Trinajstić information content (AvgIpc) is 2.53. The van der Waals surface area contributed by atoms with Gasteiger partial charge in [-0.25, -0.2) is 9.80 Å². The fraction of sp³-hybridized carbons (Fsp3) is 0.300. The van der Waals surface area contributed by atoms with Gasteiger partial charge in [-0.15, -0.1) is 0 Å². The van der Waals surface area contributed by atoms with Crippen LogP contribution in [0.4, 0.5) is 0 Å². The second-order valence-electron chi connectivity index (χ2n) is 3.30. The molecule has 0 saturated carbocycles. The van der Waals surface area contributed by atoms with Gasteiger partial charge in [-0.1, -0.05) is 24.3 Å². The lowest BCUT2D eigenvalue weighted by Crippen LogP contribution is -2.34. The Kier molecular flexibility index (Phi) is 2.23. The quantitative estimate of drug-likeness (QED) is 0.522. The number of hydrogen-bond acceptors (Lipinski definition) is 4. The number of ether oxygens (including phenoxy) is 1. The molecule has 1 aliphatic rings. The Hall–Kier alpha value is -1.39. The van der Waals surface area contributed by atoms with E-state index >= 15 is 0 Å². The number of hydrogen-bond donors (Lipinski definition) is 1. The van der Waals surface area contributed by atoms with Crippen molar-refractivity contribution in [3.63, 3.8) is 0 Å². The van der Waals surface area contributed by atoms with Crippen molar-refractivity contribution in [1.29, 1.82) is 0 Å². The fourth-order valence-electron chi connectivity index (χ4n) is 1.79. The van der Waals surface area contributed by atoms with E-state index in [1.165, 1.54) is 12.1 Å². The molecule has 0 aliphatic carbocycles. The Morgan fingerprint density at radius 3 is 3.00 bits per heavy atom. The molecule has 1 atom stereocenters. The molecule has 1 aromatic rings. The van der Waals surface area contributed by atoms with E-state index in [2.05, 4.69) is 0 Å². The minimum atomic E-state index is -0.448. The van der Waals surface area contributed by atoms with Crippen LogP contribution in [0.15, 0.2) is 24.3 Å². The maximum absolute atomic E-state index is 11.4. The zero-order chi connectivity index (χ0) is 10.1. The Morgan fingerprint density at radius 2 is 2.29 bits per heavy atom. The molecule has 74 valence electrons. The van der Waals surface area contributed by atoms with E-state index in [0.717, 1.165) is 11.1 Å². The van der Waals surface area contributed by atoms with Crippen LogP contribution in [-0.4, -0.2) is 18.1 Å². The minimum absolute atomic E-state index is 0.308. The van der Waals surface area contributed by atoms with Crippen LogP contribution >= 0.6 is 0 Å². The molecule has 0 radical (unpaired) electrons. The zero-order valence-electron chi connectivity index (χ0n) is 7.93. The number of rotatable bonds is 1. The van der Waals surface area contributed by atoms with Gasteiger partial charge in [-0.05, 0) is 11.1 Å². The molecule has 0 spiro atoms. The number of carbonyl (C=O) groups excluding carboxylic acids is 1. The topological polar surface area (TPSA) is 55.6 Å². The SMILES string of the molecule is COC(=O)C1c2ccccc2CN1N. The summed E-state index contributed by atoms with van der Waals surface area (Å²) in [6.45, 7) is 0.593. The third-order valence-electron chi connectivity index (χ3n) is 2.46. The molecule has 0 aromatic heterocycles. The highest BCUT2D eigenvalue weighted by Crippen LogP contribution is 2.31. The first-order valence-corrected chi connectivity index (χ1v) is 4.41. The lowest BCUT2D eigenvalue weighted by atomic mass is 10.1. The lowest BCUT2D eigenvalue weighted by Gasteiger charge is -2.16. The van der Waals surface area contributed by atoms with Gasteiger partial charge in [0.15, 0.2) is 0 Å². The van der Waals surface area contributed by atoms with Crippen molar-refractivity contribution < 1.29 is 9.53 Å². The van der Waals surface area contributed by atoms with Crippen molar-refractivity contribution in [2.75, 3.05) is 7.11 Å². The van der Waals surface area contributed by atoms with Crippen molar-refractivity contribution in [2.45, 2.75) is 12.6 Å². The molecule has 2 rings (SSSR count). The first kappa shape index (κ1) is 9.18. The summed E-state index contributed by atoms with van der Waals surface area (Å²) in [6.07, 6.45) is 0. The van der Waals surface area contributed by atoms with Crippen LogP contribution in [0.3, 0.4) is 0 Å². The van der Waals surface area contributed by atoms with E-state index in [0.29, 0.717) is 6.54 Å². The molecule has 0 bridgehead atoms. The highest BCUT2D eigenvalue weighted by Gasteiger charge is 2.34. The second kappa shape index (κ2) is 3.40. The number of esters is 1. The number of fused-ring (bicyclic) bond motifs is 1. The second-order valence-corrected chi connectivity index (χ2v) is 3.30. The molecular weight excluding hydrogens is 180 g/mol. The average molecular weight is 192 g/mol. The Bertz CT molecular complexity index is 365. The van der Waals surface area contributed by atoms with Gasteiger partial charge >= 0.3 is 5.97 Å². The van der Waals surface area contributed by atoms with E-state index in [1.54, 1.807) is 0 Å². The summed E-state index contributed by atoms with van der Waals surface area (Å²) in [5, 5.41) is 1.50. The van der Waals surface area contributed by atoms with Gasteiger partial charge in [0.25, 0.3) is 0 Å². The molecule has 0 saturated heterocycles. The molecule has 1 unspecified atom stereocenters. The highest BCUT2D eigenvalue weighted by atomic mass is 16.5. The van der Waals surface area contributed by atoms with Crippen molar-refractivity contribution in [2.24, 2.45) is 5.84 Å². The van der Waals surface area contributed by atoms with Crippen LogP contribution in [0.5, 0.6) is 0 Å². The molecular formula is C10H12N2O2. The summed E-state index contributed by atoms with van der Waals surface area (Å²) >= 11 is 0. The zero-order valence-corrected chi connectivity index (χ0v) is 7.93. The number of carbonyl (C=O) groups is 1. The van der Waals surface area contributed by atoms with E-state index in [1.807, 2.05) is 24.3 Å². The highest BCUT2D eigenvalue weighted by molar-refractivity contribution is 5.78. The molecule has 1 aliphatic heterocycles. The number of hydrazine groups is 1. The van der Waals surface area contributed by atoms with Gasteiger partial charge in [0, 0.05) is 6.54 Å². The number of methoxy groups -OCH3 is 1. The molecule has 2 N–H and O–H groups in total. The predicted octanol–water partition coefficient (Wildman–Crippen LogP) is 0.590. The number of nitrogens with zero attached hydrogens (tertiary/aromatic N) is 1. The van der Waals surface area contributed by atoms with E-state index < -0.39 is 6.04 Å². The standard InChI is InChI=1S/C10H12N2O2/c1-14-10(13)9-8-5-3-2-4-7(8)6-12(9)11/h2-5,9H,6,11H2,1H3. The summed E-state index contributed by atoms with van der Waals surface area (Å²) in [5.74, 6) is 5.43. The van der Waals surface area contributed by atoms with Crippen LogP contribution < -0.4 is 5.84 Å². The maximum Gasteiger partial charge on any atom is 0.329 e. The minimum Gasteiger partial charge on any atom is -0.468 e. The normalized spacial score (nSPS) is 20.6. The van der Waals surface area contributed by atoms with Gasteiger partial charge in [0.05, 0.1) is 7.11 Å². The van der Waals surface area contributed by atoms with E-state index in [4.69, 9.17) is 10.6 Å². The van der Waals surface area contributed by atoms with Crippen LogP contribution in [0.25, 0.3) is 0 Å². The Labute approximate surface area is 82.2 Å². The van der Waals surface area contributed by atoms with Crippen LogP contribution in [-0.2, 0) is 16.1 Å². The van der Waals surface area contributed by atoms with Crippen LogP contribution in [0.1, 0.15) is 17.2 Å². The molecule has 0 fully saturated rings. The van der Waals surface area contributed by atoms with Crippen molar-refractivity contribution in [3.8, 4) is 0 Å². The van der Waals surface area contributed by atoms with Crippen LogP contribution in [0, 0.1) is 0 Å². The first-order chi connectivity index (χ1) is 6.74. The van der Waals surface area contributed by atoms with Crippen molar-refractivity contribution in [3.05, 3.63) is 35.4 Å².